The van der Waals surface area contributed by atoms with Crippen LogP contribution in [0.3, 0.4) is 0 Å². The number of carbonyl (C=O) groups is 2. The first-order valence-corrected chi connectivity index (χ1v) is 16.6. The first kappa shape index (κ1) is 29.1. The predicted molar refractivity (Wildman–Crippen MR) is 167 cm³/mol. The fraction of sp³-hybridized carbons (Fsp3) is 0.611. The second kappa shape index (κ2) is 10.8. The standard InChI is InChI=1S/C36H46BNO5/c1-22(2)17-23(18-33(39)41-21-29-27-13-8-6-11-25(27)26-12-7-9-14-28(26)29)34(40)38-16-10-15-32(38)37-42-31-20-24-19-30(35(24,3)4)36(31,5)43-37/h6-9,11-14,22-24,29-32H,10,15-21H2,1-5H3/t23-,24+,30+,31-,32+,36+/m1/s1. The van der Waals surface area contributed by atoms with Crippen molar-refractivity contribution in [3.8, 4) is 11.1 Å². The number of nitrogens with zero attached hydrogens (tertiary/aromatic N) is 1. The van der Waals surface area contributed by atoms with Crippen LogP contribution in [-0.2, 0) is 23.6 Å². The Labute approximate surface area is 257 Å². The van der Waals surface area contributed by atoms with Gasteiger partial charge in [0.15, 0.2) is 0 Å². The van der Waals surface area contributed by atoms with Crippen molar-refractivity contribution in [1.82, 2.24) is 4.90 Å². The highest BCUT2D eigenvalue weighted by Gasteiger charge is 2.69. The van der Waals surface area contributed by atoms with E-state index in [4.69, 9.17) is 14.0 Å². The van der Waals surface area contributed by atoms with E-state index in [9.17, 15) is 9.59 Å². The van der Waals surface area contributed by atoms with Gasteiger partial charge in [0, 0.05) is 18.4 Å². The SMILES string of the molecule is CC(C)C[C@H](CC(=O)OCC1c2ccccc2-c2ccccc21)C(=O)N1CCC[C@H]1B1O[C@@H]2C[C@@H]3C[C@@H](C3(C)C)[C@]2(C)O1. The molecule has 2 aliphatic heterocycles. The van der Waals surface area contributed by atoms with E-state index in [2.05, 4.69) is 71.0 Å². The molecule has 5 fully saturated rings. The number of amides is 1. The topological polar surface area (TPSA) is 65.1 Å². The smallest absolute Gasteiger partial charge is 0.465 e. The summed E-state index contributed by atoms with van der Waals surface area (Å²) in [7, 11) is -0.397. The van der Waals surface area contributed by atoms with Crippen molar-refractivity contribution in [3.05, 3.63) is 59.7 Å². The zero-order chi connectivity index (χ0) is 30.1. The number of carbonyl (C=O) groups excluding carboxylic acids is 2. The minimum Gasteiger partial charge on any atom is -0.465 e. The summed E-state index contributed by atoms with van der Waals surface area (Å²) < 4.78 is 19.3. The molecular weight excluding hydrogens is 537 g/mol. The van der Waals surface area contributed by atoms with Crippen LogP contribution >= 0.6 is 0 Å². The molecule has 0 aromatic heterocycles. The molecule has 228 valence electrons. The summed E-state index contributed by atoms with van der Waals surface area (Å²) in [5.74, 6) is 0.692. The second-order valence-corrected chi connectivity index (χ2v) is 15.0. The van der Waals surface area contributed by atoms with Crippen molar-refractivity contribution >= 4 is 19.0 Å². The molecule has 2 bridgehead atoms. The van der Waals surface area contributed by atoms with Crippen molar-refractivity contribution in [2.24, 2.45) is 29.1 Å². The van der Waals surface area contributed by atoms with Gasteiger partial charge in [0.2, 0.25) is 5.91 Å². The highest BCUT2D eigenvalue weighted by atomic mass is 16.7. The Morgan fingerprint density at radius 2 is 1.70 bits per heavy atom. The Morgan fingerprint density at radius 3 is 2.35 bits per heavy atom. The van der Waals surface area contributed by atoms with Crippen molar-refractivity contribution in [1.29, 1.82) is 0 Å². The zero-order valence-electron chi connectivity index (χ0n) is 26.4. The Bertz CT molecular complexity index is 1360. The molecule has 8 rings (SSSR count). The van der Waals surface area contributed by atoms with Gasteiger partial charge in [-0.05, 0) is 84.5 Å². The van der Waals surface area contributed by atoms with Crippen LogP contribution in [0.1, 0.15) is 90.2 Å². The number of ether oxygens (including phenoxy) is 1. The van der Waals surface area contributed by atoms with Crippen LogP contribution in [0.15, 0.2) is 48.5 Å². The number of esters is 1. The van der Waals surface area contributed by atoms with Crippen LogP contribution in [0.2, 0.25) is 0 Å². The Morgan fingerprint density at radius 1 is 1.02 bits per heavy atom. The lowest BCUT2D eigenvalue weighted by Crippen LogP contribution is -2.65. The van der Waals surface area contributed by atoms with Crippen LogP contribution < -0.4 is 0 Å². The van der Waals surface area contributed by atoms with Gasteiger partial charge in [-0.1, -0.05) is 76.2 Å². The van der Waals surface area contributed by atoms with E-state index in [0.717, 1.165) is 19.3 Å². The molecule has 43 heavy (non-hydrogen) atoms. The molecule has 0 radical (unpaired) electrons. The molecule has 2 aromatic carbocycles. The largest absolute Gasteiger partial charge is 0.481 e. The number of benzene rings is 2. The lowest BCUT2D eigenvalue weighted by Gasteiger charge is -2.64. The molecule has 0 N–H and O–H groups in total. The third-order valence-electron chi connectivity index (χ3n) is 11.8. The maximum Gasteiger partial charge on any atom is 0.481 e. The van der Waals surface area contributed by atoms with E-state index in [1.54, 1.807) is 0 Å². The highest BCUT2D eigenvalue weighted by Crippen LogP contribution is 2.66. The quantitative estimate of drug-likeness (QED) is 0.257. The maximum absolute atomic E-state index is 14.1. The van der Waals surface area contributed by atoms with Crippen LogP contribution in [0.25, 0.3) is 11.1 Å². The average molecular weight is 584 g/mol. The molecule has 4 aliphatic carbocycles. The molecule has 6 aliphatic rings. The van der Waals surface area contributed by atoms with Gasteiger partial charge in [0.25, 0.3) is 0 Å². The molecule has 6 atom stereocenters. The number of likely N-dealkylation sites (tertiary alicyclic amines) is 1. The summed E-state index contributed by atoms with van der Waals surface area (Å²) in [6.07, 6.45) is 4.89. The highest BCUT2D eigenvalue weighted by molar-refractivity contribution is 6.48. The first-order chi connectivity index (χ1) is 20.6. The molecular formula is C36H46BNO5. The molecule has 0 unspecified atom stereocenters. The minimum atomic E-state index is -0.415. The van der Waals surface area contributed by atoms with Gasteiger partial charge >= 0.3 is 13.1 Å². The molecule has 1 amide bonds. The maximum atomic E-state index is 14.1. The van der Waals surface area contributed by atoms with E-state index < -0.39 is 13.0 Å². The summed E-state index contributed by atoms with van der Waals surface area (Å²) in [6, 6.07) is 16.7. The minimum absolute atomic E-state index is 0.0103. The number of rotatable bonds is 8. The predicted octanol–water partition coefficient (Wildman–Crippen LogP) is 6.65. The Kier molecular flexibility index (Phi) is 7.28. The van der Waals surface area contributed by atoms with E-state index in [0.29, 0.717) is 24.8 Å². The van der Waals surface area contributed by atoms with Crippen LogP contribution in [0, 0.1) is 29.1 Å². The average Bonchev–Trinajstić information content (AvgIpc) is 3.68. The number of hydrogen-bond donors (Lipinski definition) is 0. The van der Waals surface area contributed by atoms with Crippen molar-refractivity contribution in [3.63, 3.8) is 0 Å². The molecule has 3 saturated carbocycles. The summed E-state index contributed by atoms with van der Waals surface area (Å²) in [5.41, 5.74) is 4.78. The van der Waals surface area contributed by atoms with E-state index in [1.165, 1.54) is 28.7 Å². The zero-order valence-corrected chi connectivity index (χ0v) is 26.4. The summed E-state index contributed by atoms with van der Waals surface area (Å²) in [4.78, 5) is 29.5. The fourth-order valence-corrected chi connectivity index (χ4v) is 9.36. The van der Waals surface area contributed by atoms with E-state index >= 15 is 0 Å². The first-order valence-electron chi connectivity index (χ1n) is 16.6. The molecule has 0 spiro atoms. The number of hydrogen-bond acceptors (Lipinski definition) is 5. The molecule has 7 heteroatoms. The molecule has 2 heterocycles. The normalized spacial score (nSPS) is 30.9. The van der Waals surface area contributed by atoms with Gasteiger partial charge in [0.1, 0.15) is 6.61 Å². The monoisotopic (exact) mass is 583 g/mol. The molecule has 2 aromatic rings. The van der Waals surface area contributed by atoms with Gasteiger partial charge in [-0.15, -0.1) is 0 Å². The Balaban J connectivity index is 1.02. The molecule has 2 saturated heterocycles. The van der Waals surface area contributed by atoms with Gasteiger partial charge < -0.3 is 18.9 Å². The van der Waals surface area contributed by atoms with Gasteiger partial charge in [-0.3, -0.25) is 9.59 Å². The summed E-state index contributed by atoms with van der Waals surface area (Å²) in [6.45, 7) is 12.2. The summed E-state index contributed by atoms with van der Waals surface area (Å²) >= 11 is 0. The number of fused-ring (bicyclic) bond motifs is 3. The Hall–Kier alpha value is -2.64. The third kappa shape index (κ3) is 4.77. The van der Waals surface area contributed by atoms with Crippen molar-refractivity contribution < 1.29 is 23.6 Å². The van der Waals surface area contributed by atoms with Crippen LogP contribution in [-0.4, -0.2) is 54.7 Å². The van der Waals surface area contributed by atoms with Crippen LogP contribution in [0.5, 0.6) is 0 Å². The third-order valence-corrected chi connectivity index (χ3v) is 11.8. The van der Waals surface area contributed by atoms with Crippen molar-refractivity contribution in [2.45, 2.75) is 96.7 Å². The second-order valence-electron chi connectivity index (χ2n) is 15.0. The van der Waals surface area contributed by atoms with Gasteiger partial charge in [0.05, 0.1) is 24.1 Å². The lowest BCUT2D eigenvalue weighted by molar-refractivity contribution is -0.199. The van der Waals surface area contributed by atoms with Crippen LogP contribution in [0.4, 0.5) is 0 Å². The van der Waals surface area contributed by atoms with Gasteiger partial charge in [-0.2, -0.15) is 0 Å². The van der Waals surface area contributed by atoms with E-state index in [1.807, 2.05) is 17.0 Å². The molecule has 6 nitrogen and oxygen atoms in total. The summed E-state index contributed by atoms with van der Waals surface area (Å²) in [5, 5.41) is 0. The fourth-order valence-electron chi connectivity index (χ4n) is 9.36. The van der Waals surface area contributed by atoms with Crippen molar-refractivity contribution in [2.75, 3.05) is 13.2 Å². The lowest BCUT2D eigenvalue weighted by atomic mass is 9.43. The van der Waals surface area contributed by atoms with E-state index in [-0.39, 0.29) is 59.8 Å². The van der Waals surface area contributed by atoms with Gasteiger partial charge in [-0.25, -0.2) is 0 Å².